The van der Waals surface area contributed by atoms with Crippen LogP contribution in [-0.2, 0) is 6.54 Å². The Balaban J connectivity index is 2.54. The van der Waals surface area contributed by atoms with Crippen LogP contribution in [0.15, 0.2) is 34.9 Å². The molecule has 1 aromatic heterocycles. The second-order valence-corrected chi connectivity index (χ2v) is 3.52. The molecule has 0 atom stereocenters. The van der Waals surface area contributed by atoms with Gasteiger partial charge in [0.05, 0.1) is 12.8 Å². The van der Waals surface area contributed by atoms with Crippen LogP contribution in [-0.4, -0.2) is 0 Å². The summed E-state index contributed by atoms with van der Waals surface area (Å²) in [7, 11) is 0. The molecule has 2 rings (SSSR count). The van der Waals surface area contributed by atoms with Gasteiger partial charge in [0.2, 0.25) is 0 Å². The lowest BCUT2D eigenvalue weighted by Gasteiger charge is -2.02. The summed E-state index contributed by atoms with van der Waals surface area (Å²) < 4.78 is 18.7. The molecule has 0 saturated heterocycles. The number of benzene rings is 1. The smallest absolute Gasteiger partial charge is 0.132 e. The van der Waals surface area contributed by atoms with E-state index in [0.29, 0.717) is 21.9 Å². The Morgan fingerprint density at radius 1 is 1.27 bits per heavy atom. The zero-order valence-corrected chi connectivity index (χ0v) is 8.59. The van der Waals surface area contributed by atoms with Gasteiger partial charge >= 0.3 is 0 Å². The maximum atomic E-state index is 13.6. The third-order valence-corrected chi connectivity index (χ3v) is 2.39. The third-order valence-electron chi connectivity index (χ3n) is 2.15. The molecule has 0 aliphatic carbocycles. The van der Waals surface area contributed by atoms with Crippen LogP contribution in [0.4, 0.5) is 4.39 Å². The van der Waals surface area contributed by atoms with Gasteiger partial charge in [0.25, 0.3) is 0 Å². The quantitative estimate of drug-likeness (QED) is 0.853. The number of hydrogen-bond acceptors (Lipinski definition) is 2. The van der Waals surface area contributed by atoms with Gasteiger partial charge in [-0.25, -0.2) is 4.39 Å². The summed E-state index contributed by atoms with van der Waals surface area (Å²) in [5.41, 5.74) is 6.60. The first-order valence-corrected chi connectivity index (χ1v) is 4.82. The normalized spacial score (nSPS) is 10.6. The zero-order valence-electron chi connectivity index (χ0n) is 7.84. The van der Waals surface area contributed by atoms with Crippen molar-refractivity contribution in [3.05, 3.63) is 47.1 Å². The lowest BCUT2D eigenvalue weighted by molar-refractivity contribution is 0.513. The number of nitrogens with two attached hydrogens (primary N) is 1. The van der Waals surface area contributed by atoms with E-state index in [1.807, 2.05) is 0 Å². The van der Waals surface area contributed by atoms with E-state index in [1.54, 1.807) is 18.2 Å². The van der Waals surface area contributed by atoms with Crippen LogP contribution in [0.25, 0.3) is 11.1 Å². The maximum Gasteiger partial charge on any atom is 0.132 e. The Bertz CT molecular complexity index is 481. The van der Waals surface area contributed by atoms with Crippen LogP contribution in [0.5, 0.6) is 0 Å². The van der Waals surface area contributed by atoms with Gasteiger partial charge in [-0.05, 0) is 24.3 Å². The first kappa shape index (κ1) is 10.2. The molecule has 0 radical (unpaired) electrons. The van der Waals surface area contributed by atoms with Crippen molar-refractivity contribution >= 4 is 11.6 Å². The van der Waals surface area contributed by atoms with Gasteiger partial charge in [0.15, 0.2) is 0 Å². The fourth-order valence-corrected chi connectivity index (χ4v) is 1.61. The van der Waals surface area contributed by atoms with Crippen LogP contribution >= 0.6 is 11.6 Å². The van der Waals surface area contributed by atoms with E-state index >= 15 is 0 Å². The van der Waals surface area contributed by atoms with Crippen molar-refractivity contribution in [2.24, 2.45) is 5.73 Å². The number of rotatable bonds is 2. The highest BCUT2D eigenvalue weighted by atomic mass is 35.5. The number of hydrogen-bond donors (Lipinski definition) is 1. The molecule has 4 heteroatoms. The lowest BCUT2D eigenvalue weighted by atomic mass is 10.1. The fraction of sp³-hybridized carbons (Fsp3) is 0.0909. The molecular formula is C11H9ClFNO. The maximum absolute atomic E-state index is 13.6. The van der Waals surface area contributed by atoms with Gasteiger partial charge in [-0.15, -0.1) is 0 Å². The van der Waals surface area contributed by atoms with Crippen molar-refractivity contribution < 1.29 is 8.81 Å². The van der Waals surface area contributed by atoms with Crippen molar-refractivity contribution in [1.29, 1.82) is 0 Å². The van der Waals surface area contributed by atoms with Crippen LogP contribution in [0, 0.1) is 5.82 Å². The van der Waals surface area contributed by atoms with E-state index in [1.165, 1.54) is 12.3 Å². The minimum Gasteiger partial charge on any atom is -0.467 e. The molecule has 78 valence electrons. The summed E-state index contributed by atoms with van der Waals surface area (Å²) in [4.78, 5) is 0. The van der Waals surface area contributed by atoms with Crippen LogP contribution in [0.2, 0.25) is 5.02 Å². The second kappa shape index (κ2) is 4.04. The van der Waals surface area contributed by atoms with Gasteiger partial charge in [-0.3, -0.25) is 0 Å². The SMILES string of the molecule is NCc1occc1-c1ccc(Cl)cc1F. The predicted octanol–water partition coefficient (Wildman–Crippen LogP) is 3.20. The average Bonchev–Trinajstić information content (AvgIpc) is 2.65. The molecule has 0 aliphatic rings. The molecule has 1 aromatic carbocycles. The molecule has 0 aliphatic heterocycles. The Morgan fingerprint density at radius 2 is 2.07 bits per heavy atom. The minimum atomic E-state index is -0.376. The van der Waals surface area contributed by atoms with E-state index in [-0.39, 0.29) is 12.4 Å². The molecular weight excluding hydrogens is 217 g/mol. The molecule has 0 saturated carbocycles. The van der Waals surface area contributed by atoms with Gasteiger partial charge in [-0.2, -0.15) is 0 Å². The summed E-state index contributed by atoms with van der Waals surface area (Å²) in [5.74, 6) is 0.190. The Morgan fingerprint density at radius 3 is 2.73 bits per heavy atom. The largest absolute Gasteiger partial charge is 0.467 e. The highest BCUT2D eigenvalue weighted by Crippen LogP contribution is 2.28. The summed E-state index contributed by atoms with van der Waals surface area (Å²) in [6.07, 6.45) is 1.49. The topological polar surface area (TPSA) is 39.2 Å². The van der Waals surface area contributed by atoms with E-state index in [4.69, 9.17) is 21.8 Å². The minimum absolute atomic E-state index is 0.240. The summed E-state index contributed by atoms with van der Waals surface area (Å²) in [5, 5.41) is 0.369. The highest BCUT2D eigenvalue weighted by molar-refractivity contribution is 6.30. The molecule has 2 aromatic rings. The highest BCUT2D eigenvalue weighted by Gasteiger charge is 2.11. The molecule has 0 fully saturated rings. The Hall–Kier alpha value is -1.32. The van der Waals surface area contributed by atoms with Crippen molar-refractivity contribution in [3.63, 3.8) is 0 Å². The molecule has 15 heavy (non-hydrogen) atoms. The third kappa shape index (κ3) is 1.89. The zero-order chi connectivity index (χ0) is 10.8. The van der Waals surface area contributed by atoms with Crippen LogP contribution in [0.1, 0.15) is 5.76 Å². The average molecular weight is 226 g/mol. The molecule has 0 bridgehead atoms. The van der Waals surface area contributed by atoms with Gasteiger partial charge in [0, 0.05) is 16.1 Å². The van der Waals surface area contributed by atoms with Crippen molar-refractivity contribution in [2.75, 3.05) is 0 Å². The van der Waals surface area contributed by atoms with Crippen LogP contribution < -0.4 is 5.73 Å². The van der Waals surface area contributed by atoms with Crippen molar-refractivity contribution in [2.45, 2.75) is 6.54 Å². The van der Waals surface area contributed by atoms with E-state index in [0.717, 1.165) is 0 Å². The van der Waals surface area contributed by atoms with E-state index in [9.17, 15) is 4.39 Å². The molecule has 1 heterocycles. The Kier molecular flexibility index (Phi) is 2.75. The van der Waals surface area contributed by atoms with Crippen molar-refractivity contribution in [1.82, 2.24) is 0 Å². The molecule has 0 amide bonds. The monoisotopic (exact) mass is 225 g/mol. The number of halogens is 2. The Labute approximate surface area is 91.5 Å². The summed E-state index contributed by atoms with van der Waals surface area (Å²) in [6.45, 7) is 0.240. The van der Waals surface area contributed by atoms with Crippen molar-refractivity contribution in [3.8, 4) is 11.1 Å². The summed E-state index contributed by atoms with van der Waals surface area (Å²) >= 11 is 5.66. The lowest BCUT2D eigenvalue weighted by Crippen LogP contribution is -1.96. The fourth-order valence-electron chi connectivity index (χ4n) is 1.45. The molecule has 0 spiro atoms. The standard InChI is InChI=1S/C11H9ClFNO/c12-7-1-2-8(10(13)5-7)9-3-4-15-11(9)6-14/h1-5H,6,14H2. The van der Waals surface area contributed by atoms with E-state index in [2.05, 4.69) is 0 Å². The van der Waals surface area contributed by atoms with E-state index < -0.39 is 0 Å². The molecule has 2 N–H and O–H groups in total. The first-order valence-electron chi connectivity index (χ1n) is 4.44. The van der Waals surface area contributed by atoms with Crippen LogP contribution in [0.3, 0.4) is 0 Å². The second-order valence-electron chi connectivity index (χ2n) is 3.09. The number of furan rings is 1. The molecule has 0 unspecified atom stereocenters. The molecule has 2 nitrogen and oxygen atoms in total. The summed E-state index contributed by atoms with van der Waals surface area (Å²) in [6, 6.07) is 6.20. The first-order chi connectivity index (χ1) is 7.22. The predicted molar refractivity (Wildman–Crippen MR) is 57.0 cm³/mol. The van der Waals surface area contributed by atoms with Gasteiger partial charge < -0.3 is 10.2 Å². The van der Waals surface area contributed by atoms with Gasteiger partial charge in [0.1, 0.15) is 11.6 Å². The van der Waals surface area contributed by atoms with Gasteiger partial charge in [-0.1, -0.05) is 11.6 Å².